The van der Waals surface area contributed by atoms with E-state index in [9.17, 15) is 9.59 Å². The summed E-state index contributed by atoms with van der Waals surface area (Å²) in [5.74, 6) is -0.651. The number of aryl methyl sites for hydroxylation is 2. The largest absolute Gasteiger partial charge is 0.482 e. The average Bonchev–Trinajstić information content (AvgIpc) is 2.55. The molecule has 5 heteroatoms. The summed E-state index contributed by atoms with van der Waals surface area (Å²) in [6, 6.07) is 13.0. The summed E-state index contributed by atoms with van der Waals surface area (Å²) >= 11 is 0. The predicted octanol–water partition coefficient (Wildman–Crippen LogP) is 3.20. The van der Waals surface area contributed by atoms with Crippen molar-refractivity contribution in [3.05, 3.63) is 59.2 Å². The number of carbonyl (C=O) groups excluding carboxylic acids is 1. The summed E-state index contributed by atoms with van der Waals surface area (Å²) in [7, 11) is 0. The lowest BCUT2D eigenvalue weighted by molar-refractivity contribution is -0.139. The summed E-state index contributed by atoms with van der Waals surface area (Å²) < 4.78 is 5.12. The van der Waals surface area contributed by atoms with E-state index >= 15 is 0 Å². The molecule has 2 aromatic carbocycles. The third-order valence-electron chi connectivity index (χ3n) is 3.68. The number of carboxylic acids is 1. The minimum absolute atomic E-state index is 0.0850. The molecule has 5 nitrogen and oxygen atoms in total. The number of amides is 1. The van der Waals surface area contributed by atoms with Crippen LogP contribution in [-0.2, 0) is 22.4 Å². The lowest BCUT2D eigenvalue weighted by atomic mass is 10.0. The Morgan fingerprint density at radius 1 is 1.12 bits per heavy atom. The molecule has 0 bridgehead atoms. The molecule has 126 valence electrons. The smallest absolute Gasteiger partial charge is 0.341 e. The normalized spacial score (nSPS) is 10.2. The number of aliphatic carboxylic acids is 1. The number of benzene rings is 2. The molecule has 0 unspecified atom stereocenters. The second kappa shape index (κ2) is 8.15. The van der Waals surface area contributed by atoms with Crippen LogP contribution in [0.4, 0.5) is 5.69 Å². The van der Waals surface area contributed by atoms with E-state index in [-0.39, 0.29) is 12.5 Å². The van der Waals surface area contributed by atoms with Gasteiger partial charge in [0.15, 0.2) is 6.61 Å². The van der Waals surface area contributed by atoms with Crippen molar-refractivity contribution in [2.75, 3.05) is 11.9 Å². The van der Waals surface area contributed by atoms with Gasteiger partial charge in [0.1, 0.15) is 5.75 Å². The molecule has 0 aliphatic heterocycles. The fraction of sp³-hybridized carbons (Fsp3) is 0.263. The number of carbonyl (C=O) groups is 2. The van der Waals surface area contributed by atoms with Crippen LogP contribution in [0.15, 0.2) is 42.5 Å². The van der Waals surface area contributed by atoms with Crippen LogP contribution in [0, 0.1) is 6.92 Å². The highest BCUT2D eigenvalue weighted by Gasteiger charge is 2.09. The standard InChI is InChI=1S/C19H21NO4/c1-3-14-6-4-5-7-15(14)11-18(21)20-17-9-8-16(10-13(17)2)24-12-19(22)23/h4-10H,3,11-12H2,1-2H3,(H,20,21)(H,22,23). The molecule has 0 aromatic heterocycles. The summed E-state index contributed by atoms with van der Waals surface area (Å²) in [6.07, 6.45) is 1.21. The Hall–Kier alpha value is -2.82. The highest BCUT2D eigenvalue weighted by molar-refractivity contribution is 5.93. The minimum atomic E-state index is -1.03. The van der Waals surface area contributed by atoms with Crippen molar-refractivity contribution >= 4 is 17.6 Å². The topological polar surface area (TPSA) is 75.6 Å². The number of carboxylic acid groups (broad SMARTS) is 1. The number of anilines is 1. The Morgan fingerprint density at radius 2 is 1.83 bits per heavy atom. The highest BCUT2D eigenvalue weighted by atomic mass is 16.5. The van der Waals surface area contributed by atoms with Gasteiger partial charge in [-0.2, -0.15) is 0 Å². The van der Waals surface area contributed by atoms with E-state index in [0.29, 0.717) is 17.9 Å². The van der Waals surface area contributed by atoms with Crippen LogP contribution in [0.1, 0.15) is 23.6 Å². The van der Waals surface area contributed by atoms with Gasteiger partial charge in [0.05, 0.1) is 6.42 Å². The molecule has 24 heavy (non-hydrogen) atoms. The molecular weight excluding hydrogens is 306 g/mol. The van der Waals surface area contributed by atoms with Gasteiger partial charge < -0.3 is 15.2 Å². The van der Waals surface area contributed by atoms with Crippen LogP contribution < -0.4 is 10.1 Å². The van der Waals surface area contributed by atoms with E-state index < -0.39 is 5.97 Å². The molecule has 0 radical (unpaired) electrons. The first-order valence-corrected chi connectivity index (χ1v) is 7.81. The van der Waals surface area contributed by atoms with Crippen LogP contribution >= 0.6 is 0 Å². The minimum Gasteiger partial charge on any atom is -0.482 e. The second-order valence-electron chi connectivity index (χ2n) is 5.51. The van der Waals surface area contributed by atoms with E-state index in [4.69, 9.17) is 9.84 Å². The Morgan fingerprint density at radius 3 is 2.46 bits per heavy atom. The molecule has 1 amide bonds. The van der Waals surface area contributed by atoms with Crippen LogP contribution in [0.5, 0.6) is 5.75 Å². The van der Waals surface area contributed by atoms with Crippen LogP contribution in [0.3, 0.4) is 0 Å². The maximum Gasteiger partial charge on any atom is 0.341 e. The van der Waals surface area contributed by atoms with Gasteiger partial charge in [0.25, 0.3) is 0 Å². The van der Waals surface area contributed by atoms with Crippen molar-refractivity contribution in [1.82, 2.24) is 0 Å². The fourth-order valence-corrected chi connectivity index (χ4v) is 2.45. The molecule has 0 aliphatic rings. The molecular formula is C19H21NO4. The molecule has 0 spiro atoms. The second-order valence-corrected chi connectivity index (χ2v) is 5.51. The van der Waals surface area contributed by atoms with E-state index in [0.717, 1.165) is 17.5 Å². The third kappa shape index (κ3) is 4.84. The first-order valence-electron chi connectivity index (χ1n) is 7.81. The van der Waals surface area contributed by atoms with Crippen LogP contribution in [0.2, 0.25) is 0 Å². The number of ether oxygens (including phenoxy) is 1. The van der Waals surface area contributed by atoms with Crippen LogP contribution in [-0.4, -0.2) is 23.6 Å². The van der Waals surface area contributed by atoms with Gasteiger partial charge in [0.2, 0.25) is 5.91 Å². The summed E-state index contributed by atoms with van der Waals surface area (Å²) in [5, 5.41) is 11.5. The zero-order valence-electron chi connectivity index (χ0n) is 13.8. The van der Waals surface area contributed by atoms with Crippen molar-refractivity contribution in [2.45, 2.75) is 26.7 Å². The van der Waals surface area contributed by atoms with Gasteiger partial charge >= 0.3 is 5.97 Å². The molecule has 0 aliphatic carbocycles. The molecule has 2 rings (SSSR count). The predicted molar refractivity (Wildman–Crippen MR) is 92.5 cm³/mol. The van der Waals surface area contributed by atoms with Gasteiger partial charge in [-0.05, 0) is 48.2 Å². The van der Waals surface area contributed by atoms with Crippen molar-refractivity contribution in [2.24, 2.45) is 0 Å². The number of nitrogens with one attached hydrogen (secondary N) is 1. The van der Waals surface area contributed by atoms with Gasteiger partial charge in [-0.1, -0.05) is 31.2 Å². The molecule has 0 heterocycles. The Bertz CT molecular complexity index is 740. The first-order chi connectivity index (χ1) is 11.5. The molecule has 2 aromatic rings. The fourth-order valence-electron chi connectivity index (χ4n) is 2.45. The maximum absolute atomic E-state index is 12.3. The Labute approximate surface area is 141 Å². The SMILES string of the molecule is CCc1ccccc1CC(=O)Nc1ccc(OCC(=O)O)cc1C. The monoisotopic (exact) mass is 327 g/mol. The first kappa shape index (κ1) is 17.5. The number of hydrogen-bond acceptors (Lipinski definition) is 3. The van der Waals surface area contributed by atoms with Crippen molar-refractivity contribution in [1.29, 1.82) is 0 Å². The summed E-state index contributed by atoms with van der Waals surface area (Å²) in [4.78, 5) is 22.8. The molecule has 0 saturated heterocycles. The molecule has 0 saturated carbocycles. The Kier molecular flexibility index (Phi) is 5.95. The lowest BCUT2D eigenvalue weighted by Gasteiger charge is -2.12. The van der Waals surface area contributed by atoms with Gasteiger partial charge in [-0.15, -0.1) is 0 Å². The average molecular weight is 327 g/mol. The zero-order chi connectivity index (χ0) is 17.5. The van der Waals surface area contributed by atoms with E-state index in [1.165, 1.54) is 5.56 Å². The van der Waals surface area contributed by atoms with E-state index in [1.807, 2.05) is 31.2 Å². The summed E-state index contributed by atoms with van der Waals surface area (Å²) in [5.41, 5.74) is 3.70. The quantitative estimate of drug-likeness (QED) is 0.819. The summed E-state index contributed by atoms with van der Waals surface area (Å²) in [6.45, 7) is 3.51. The van der Waals surface area contributed by atoms with E-state index in [1.54, 1.807) is 18.2 Å². The van der Waals surface area contributed by atoms with Gasteiger partial charge in [0, 0.05) is 5.69 Å². The highest BCUT2D eigenvalue weighted by Crippen LogP contribution is 2.22. The van der Waals surface area contributed by atoms with Crippen molar-refractivity contribution in [3.8, 4) is 5.75 Å². The number of rotatable bonds is 7. The molecule has 0 atom stereocenters. The van der Waals surface area contributed by atoms with Crippen LogP contribution in [0.25, 0.3) is 0 Å². The molecule has 0 fully saturated rings. The zero-order valence-corrected chi connectivity index (χ0v) is 13.8. The van der Waals surface area contributed by atoms with Crippen molar-refractivity contribution in [3.63, 3.8) is 0 Å². The van der Waals surface area contributed by atoms with Gasteiger partial charge in [-0.3, -0.25) is 4.79 Å². The van der Waals surface area contributed by atoms with E-state index in [2.05, 4.69) is 12.2 Å². The maximum atomic E-state index is 12.3. The van der Waals surface area contributed by atoms with Crippen molar-refractivity contribution < 1.29 is 19.4 Å². The lowest BCUT2D eigenvalue weighted by Crippen LogP contribution is -2.16. The third-order valence-corrected chi connectivity index (χ3v) is 3.68. The van der Waals surface area contributed by atoms with Gasteiger partial charge in [-0.25, -0.2) is 4.79 Å². The number of hydrogen-bond donors (Lipinski definition) is 2. The molecule has 2 N–H and O–H groups in total. The Balaban J connectivity index is 2.02.